The van der Waals surface area contributed by atoms with Gasteiger partial charge in [-0.15, -0.1) is 0 Å². The average Bonchev–Trinajstić information content (AvgIpc) is 1.58. The number of rotatable bonds is 10. The molecule has 0 amide bonds. The van der Waals surface area contributed by atoms with Crippen molar-refractivity contribution in [3.63, 3.8) is 0 Å². The van der Waals surface area contributed by atoms with Crippen molar-refractivity contribution in [3.05, 3.63) is 326 Å². The summed E-state index contributed by atoms with van der Waals surface area (Å²) in [5.41, 5.74) is 7.56. The molecular formula is C88H39F3N16. The van der Waals surface area contributed by atoms with E-state index in [0.29, 0.717) is 105 Å². The minimum Gasteiger partial charge on any atom is -0.309 e. The number of hydrogen-bond acceptors (Lipinski definition) is 8. The number of aryl methyl sites for hydroxylation is 1. The third-order valence-electron chi connectivity index (χ3n) is 18.7. The van der Waals surface area contributed by atoms with E-state index in [9.17, 15) is 26.3 Å². The van der Waals surface area contributed by atoms with Crippen molar-refractivity contribution in [1.82, 2.24) is 24.1 Å². The molecule has 0 fully saturated rings. The molecule has 15 aromatic rings. The van der Waals surface area contributed by atoms with E-state index in [4.69, 9.17) is 54.4 Å². The number of halogens is 3. The summed E-state index contributed by atoms with van der Waals surface area (Å²) in [6.07, 6.45) is -4.94. The highest BCUT2D eigenvalue weighted by Crippen LogP contribution is 2.50. The number of aromatic nitrogens is 5. The van der Waals surface area contributed by atoms with Gasteiger partial charge in [-0.3, -0.25) is 0 Å². The largest absolute Gasteiger partial charge is 0.416 e. The lowest BCUT2D eigenvalue weighted by Crippen LogP contribution is -2.08. The molecule has 0 N–H and O–H groups in total. The van der Waals surface area contributed by atoms with Crippen LogP contribution in [0.4, 0.5) is 47.3 Å². The predicted octanol–water partition coefficient (Wildman–Crippen LogP) is 23.4. The van der Waals surface area contributed by atoms with Crippen molar-refractivity contribution in [2.75, 3.05) is 0 Å². The van der Waals surface area contributed by atoms with Crippen LogP contribution in [-0.4, -0.2) is 24.1 Å². The van der Waals surface area contributed by atoms with E-state index in [1.54, 1.807) is 97.9 Å². The van der Waals surface area contributed by atoms with E-state index in [1.165, 1.54) is 48.5 Å². The molecule has 0 unspecified atom stereocenters. The third-order valence-corrected chi connectivity index (χ3v) is 18.7. The van der Waals surface area contributed by atoms with Crippen molar-refractivity contribution in [1.29, 1.82) is 26.3 Å². The van der Waals surface area contributed by atoms with Gasteiger partial charge in [0, 0.05) is 71.6 Å². The lowest BCUT2D eigenvalue weighted by atomic mass is 9.93. The maximum absolute atomic E-state index is 16.0. The van der Waals surface area contributed by atoms with Crippen molar-refractivity contribution < 1.29 is 13.2 Å². The van der Waals surface area contributed by atoms with Gasteiger partial charge in [-0.05, 0) is 149 Å². The molecule has 0 radical (unpaired) electrons. The Morgan fingerprint density at radius 1 is 0.336 bits per heavy atom. The molecule has 15 rings (SSSR count). The lowest BCUT2D eigenvalue weighted by molar-refractivity contribution is -0.137. The second-order valence-corrected chi connectivity index (χ2v) is 24.7. The molecule has 0 saturated heterocycles. The Hall–Kier alpha value is -16.6. The summed E-state index contributed by atoms with van der Waals surface area (Å²) < 4.78 is 51.8. The van der Waals surface area contributed by atoms with Gasteiger partial charge < -0.3 is 9.13 Å². The van der Waals surface area contributed by atoms with Crippen LogP contribution in [0, 0.1) is 103 Å². The van der Waals surface area contributed by atoms with Crippen LogP contribution in [0.2, 0.25) is 0 Å². The number of hydrogen-bond donors (Lipinski definition) is 0. The van der Waals surface area contributed by atoms with Crippen LogP contribution >= 0.6 is 0 Å². The topological polar surface area (TPSA) is 194 Å². The summed E-state index contributed by atoms with van der Waals surface area (Å²) in [6, 6.07) is 70.4. The molecule has 12 aromatic carbocycles. The second kappa shape index (κ2) is 26.5. The zero-order valence-corrected chi connectivity index (χ0v) is 55.6. The van der Waals surface area contributed by atoms with Crippen LogP contribution < -0.4 is 0 Å². The number of fused-ring (bicyclic) bond motifs is 6. The molecule has 0 spiro atoms. The molecule has 3 heterocycles. The summed E-state index contributed by atoms with van der Waals surface area (Å²) >= 11 is 0. The highest BCUT2D eigenvalue weighted by Gasteiger charge is 2.33. The molecule has 0 saturated carbocycles. The maximum Gasteiger partial charge on any atom is 0.416 e. The van der Waals surface area contributed by atoms with Gasteiger partial charge in [-0.2, -0.15) is 39.5 Å². The fourth-order valence-electron chi connectivity index (χ4n) is 14.1. The third kappa shape index (κ3) is 11.3. The zero-order chi connectivity index (χ0) is 74.5. The van der Waals surface area contributed by atoms with Crippen molar-refractivity contribution in [2.24, 2.45) is 0 Å². The Bertz CT molecular complexity index is 6650. The molecule has 0 aliphatic carbocycles. The summed E-state index contributed by atoms with van der Waals surface area (Å²) in [7, 11) is 0. The molecule has 3 aromatic heterocycles. The minimum atomic E-state index is -4.94. The molecular weight excluding hydrogens is 1340 g/mol. The normalized spacial score (nSPS) is 10.9. The van der Waals surface area contributed by atoms with E-state index >= 15 is 13.2 Å². The van der Waals surface area contributed by atoms with Crippen LogP contribution in [-0.2, 0) is 6.18 Å². The summed E-state index contributed by atoms with van der Waals surface area (Å²) in [5.74, 6) is 0.790. The van der Waals surface area contributed by atoms with Gasteiger partial charge in [0.2, 0.25) is 0 Å². The van der Waals surface area contributed by atoms with Crippen LogP contribution in [0.15, 0.2) is 218 Å². The van der Waals surface area contributed by atoms with E-state index < -0.39 is 11.7 Å². The van der Waals surface area contributed by atoms with Crippen molar-refractivity contribution >= 4 is 77.7 Å². The summed E-state index contributed by atoms with van der Waals surface area (Å²) in [4.78, 5) is 37.5. The van der Waals surface area contributed by atoms with E-state index in [2.05, 4.69) is 47.3 Å². The first-order valence-electron chi connectivity index (χ1n) is 32.4. The van der Waals surface area contributed by atoms with Crippen LogP contribution in [0.25, 0.3) is 174 Å². The highest BCUT2D eigenvalue weighted by molar-refractivity contribution is 6.15. The van der Waals surface area contributed by atoms with Crippen molar-refractivity contribution in [2.45, 2.75) is 13.1 Å². The molecule has 492 valence electrons. The quantitative estimate of drug-likeness (QED) is 0.121. The first-order valence-corrected chi connectivity index (χ1v) is 32.4. The Labute approximate surface area is 608 Å². The van der Waals surface area contributed by atoms with Crippen molar-refractivity contribution in [3.8, 4) is 132 Å². The molecule has 0 aliphatic heterocycles. The number of benzene rings is 12. The van der Waals surface area contributed by atoms with Gasteiger partial charge in [-0.25, -0.2) is 44.0 Å². The molecule has 19 heteroatoms. The Morgan fingerprint density at radius 3 is 1.20 bits per heavy atom. The highest BCUT2D eigenvalue weighted by atomic mass is 19.4. The predicted molar refractivity (Wildman–Crippen MR) is 403 cm³/mol. The standard InChI is InChI=1S/C88H39F3N16/c1-49-30-63(97-2)43-74(102-7)81(49)54-19-25-75-66(37-54)67-38-55(82-60(47-95)35-64(98-3)36-61(82)48-96)20-26-76(67)106(75)79-29-23-62(88(89,90)91)42-70(79)65-24-18-58(87-104-85(52-14-10-8-11-15-52)103-86(105-87)53-16-12-9-13-17-53)41-80(65)107-77-27-21-56(83-59(46-94)31-50(44-92)32-71(83)99-4)39-68(77)69-40-57(22-28-78(69)107)84-72(100-5)33-51(45-93)34-73(84)101-6/h8-43H,1H3. The average molecular weight is 1380 g/mol. The van der Waals surface area contributed by atoms with E-state index in [-0.39, 0.29) is 107 Å². The second-order valence-electron chi connectivity index (χ2n) is 24.7. The molecule has 0 bridgehead atoms. The van der Waals surface area contributed by atoms with Gasteiger partial charge in [0.25, 0.3) is 0 Å². The van der Waals surface area contributed by atoms with E-state index in [1.807, 2.05) is 88.0 Å². The van der Waals surface area contributed by atoms with Gasteiger partial charge in [0.05, 0.1) is 125 Å². The Kier molecular flexibility index (Phi) is 16.4. The fourth-order valence-corrected chi connectivity index (χ4v) is 14.1. The fraction of sp³-hybridized carbons (Fsp3) is 0.0227. The van der Waals surface area contributed by atoms with Crippen LogP contribution in [0.5, 0.6) is 0 Å². The number of nitrogens with zero attached hydrogens (tertiary/aromatic N) is 16. The minimum absolute atomic E-state index is 0.00428. The Balaban J connectivity index is 1.09. The number of nitriles is 5. The van der Waals surface area contributed by atoms with Gasteiger partial charge >= 0.3 is 6.18 Å². The summed E-state index contributed by atoms with van der Waals surface area (Å²) in [5, 5.41) is 54.0. The number of alkyl halides is 3. The molecule has 107 heavy (non-hydrogen) atoms. The van der Waals surface area contributed by atoms with Gasteiger partial charge in [0.15, 0.2) is 51.6 Å². The maximum atomic E-state index is 16.0. The SMILES string of the molecule is [C-]#[N+]c1cc(C#N)c(-c2ccc3c(c2)c2cc(-c4c(C)cc([N+]#[C-])cc4[N+]#[C-])ccc2n3-c2ccc(C(F)(F)F)cc2-c2ccc(-c3nc(-c4ccccc4)nc(-c4ccccc4)n3)cc2-n2c3ccc(-c4c(C#N)cc(C#N)cc4[N+]#[C-])cc3c3cc(-c4c([N+]#[C-])cc(C#N)cc4[N+]#[C-])ccc32)c(C#N)c1. The smallest absolute Gasteiger partial charge is 0.309 e. The summed E-state index contributed by atoms with van der Waals surface area (Å²) in [6.45, 7) is 50.6. The van der Waals surface area contributed by atoms with Crippen LogP contribution in [0.1, 0.15) is 38.9 Å². The zero-order valence-electron chi connectivity index (χ0n) is 55.6. The van der Waals surface area contributed by atoms with E-state index in [0.717, 1.165) is 12.1 Å². The van der Waals surface area contributed by atoms with Gasteiger partial charge in [-0.1, -0.05) is 115 Å². The first kappa shape index (κ1) is 66.3. The molecule has 0 atom stereocenters. The van der Waals surface area contributed by atoms with Gasteiger partial charge in [0.1, 0.15) is 0 Å². The molecule has 16 nitrogen and oxygen atoms in total. The lowest BCUT2D eigenvalue weighted by Gasteiger charge is -2.21. The van der Waals surface area contributed by atoms with Crippen LogP contribution in [0.3, 0.4) is 0 Å². The molecule has 0 aliphatic rings. The first-order chi connectivity index (χ1) is 52.0. The monoisotopic (exact) mass is 1380 g/mol. The Morgan fingerprint density at radius 2 is 0.738 bits per heavy atom.